The third kappa shape index (κ3) is 3.86. The highest BCUT2D eigenvalue weighted by molar-refractivity contribution is 5.81. The molecular weight excluding hydrogens is 306 g/mol. The predicted molar refractivity (Wildman–Crippen MR) is 92.7 cm³/mol. The molecule has 0 amide bonds. The van der Waals surface area contributed by atoms with Crippen molar-refractivity contribution in [3.8, 4) is 11.5 Å². The van der Waals surface area contributed by atoms with Crippen molar-refractivity contribution in [2.24, 2.45) is 5.73 Å². The number of carboxylic acids is 1. The highest BCUT2D eigenvalue weighted by Gasteiger charge is 2.33. The van der Waals surface area contributed by atoms with Gasteiger partial charge < -0.3 is 20.3 Å². The van der Waals surface area contributed by atoms with Crippen LogP contribution in [0.2, 0.25) is 0 Å². The molecular formula is C19H23NO4. The number of nitrogens with two attached hydrogens (primary N) is 1. The second-order valence-corrected chi connectivity index (χ2v) is 5.70. The molecule has 3 N–H and O–H groups in total. The second kappa shape index (κ2) is 7.84. The molecule has 3 rings (SSSR count). The molecule has 24 heavy (non-hydrogen) atoms. The molecule has 0 radical (unpaired) electrons. The van der Waals surface area contributed by atoms with E-state index in [2.05, 4.69) is 0 Å². The summed E-state index contributed by atoms with van der Waals surface area (Å²) < 4.78 is 10.2. The zero-order valence-corrected chi connectivity index (χ0v) is 14.2. The first-order valence-corrected chi connectivity index (χ1v) is 7.76. The van der Waals surface area contributed by atoms with Gasteiger partial charge in [0.25, 0.3) is 0 Å². The Bertz CT molecular complexity index is 698. The van der Waals surface area contributed by atoms with Gasteiger partial charge in [0.1, 0.15) is 0 Å². The Balaban J connectivity index is 0.000000198. The zero-order chi connectivity index (χ0) is 17.7. The van der Waals surface area contributed by atoms with E-state index in [1.165, 1.54) is 5.56 Å². The standard InChI is InChI=1S/C11H12O4.C8H11N/c1-14-9-4-6-3-8(11(12)13)7(6)5-10(9)15-2;1-7(9)8-5-3-2-4-6-8/h4-5,8H,3H2,1-2H3,(H,12,13);2-7H,9H2,1H3/t8-;7-/m00/s1. The molecule has 1 aliphatic carbocycles. The minimum absolute atomic E-state index is 0.159. The number of hydrogen-bond acceptors (Lipinski definition) is 4. The SMILES string of the molecule is COc1cc2c(cc1OC)[C@@H](C(=O)O)C2.C[C@H](N)c1ccccc1. The van der Waals surface area contributed by atoms with Crippen LogP contribution in [0.5, 0.6) is 11.5 Å². The molecule has 0 aromatic heterocycles. The van der Waals surface area contributed by atoms with Crippen molar-refractivity contribution in [2.75, 3.05) is 14.2 Å². The van der Waals surface area contributed by atoms with Crippen LogP contribution in [0, 0.1) is 0 Å². The van der Waals surface area contributed by atoms with E-state index in [0.29, 0.717) is 17.9 Å². The van der Waals surface area contributed by atoms with Gasteiger partial charge in [-0.25, -0.2) is 0 Å². The number of fused-ring (bicyclic) bond motifs is 1. The summed E-state index contributed by atoms with van der Waals surface area (Å²) in [6.45, 7) is 1.98. The van der Waals surface area contributed by atoms with Crippen molar-refractivity contribution in [1.82, 2.24) is 0 Å². The van der Waals surface area contributed by atoms with Crippen molar-refractivity contribution in [2.45, 2.75) is 25.3 Å². The van der Waals surface area contributed by atoms with Crippen LogP contribution in [-0.4, -0.2) is 25.3 Å². The first-order valence-electron chi connectivity index (χ1n) is 7.76. The van der Waals surface area contributed by atoms with Crippen LogP contribution in [0.25, 0.3) is 0 Å². The number of methoxy groups -OCH3 is 2. The Morgan fingerprint density at radius 3 is 2.21 bits per heavy atom. The van der Waals surface area contributed by atoms with Crippen molar-refractivity contribution in [3.05, 3.63) is 59.2 Å². The van der Waals surface area contributed by atoms with E-state index >= 15 is 0 Å². The van der Waals surface area contributed by atoms with Gasteiger partial charge in [0, 0.05) is 6.04 Å². The number of carbonyl (C=O) groups is 1. The van der Waals surface area contributed by atoms with Crippen LogP contribution in [0.3, 0.4) is 0 Å². The Morgan fingerprint density at radius 2 is 1.75 bits per heavy atom. The van der Waals surface area contributed by atoms with Gasteiger partial charge in [-0.15, -0.1) is 0 Å². The molecule has 5 nitrogen and oxygen atoms in total. The molecule has 0 unspecified atom stereocenters. The van der Waals surface area contributed by atoms with Crippen LogP contribution in [-0.2, 0) is 11.2 Å². The van der Waals surface area contributed by atoms with Gasteiger partial charge in [-0.05, 0) is 42.2 Å². The molecule has 5 heteroatoms. The topological polar surface area (TPSA) is 81.8 Å². The molecule has 0 spiro atoms. The Hall–Kier alpha value is -2.53. The summed E-state index contributed by atoms with van der Waals surface area (Å²) >= 11 is 0. The minimum Gasteiger partial charge on any atom is -0.493 e. The van der Waals surface area contributed by atoms with Crippen LogP contribution < -0.4 is 15.2 Å². The van der Waals surface area contributed by atoms with E-state index in [1.807, 2.05) is 43.3 Å². The second-order valence-electron chi connectivity index (χ2n) is 5.70. The lowest BCUT2D eigenvalue weighted by atomic mass is 9.77. The summed E-state index contributed by atoms with van der Waals surface area (Å²) in [5.41, 5.74) is 8.67. The summed E-state index contributed by atoms with van der Waals surface area (Å²) in [6.07, 6.45) is 0.574. The maximum absolute atomic E-state index is 10.8. The Kier molecular flexibility index (Phi) is 5.82. The zero-order valence-electron chi connectivity index (χ0n) is 14.2. The summed E-state index contributed by atoms with van der Waals surface area (Å²) in [5.74, 6) is 0.0665. The molecule has 2 aromatic rings. The first kappa shape index (κ1) is 17.8. The third-order valence-corrected chi connectivity index (χ3v) is 4.07. The summed E-state index contributed by atoms with van der Waals surface area (Å²) in [7, 11) is 3.11. The maximum atomic E-state index is 10.8. The van der Waals surface area contributed by atoms with Gasteiger partial charge in [0.15, 0.2) is 11.5 Å². The van der Waals surface area contributed by atoms with Gasteiger partial charge in [-0.1, -0.05) is 30.3 Å². The number of hydrogen-bond donors (Lipinski definition) is 2. The van der Waals surface area contributed by atoms with Gasteiger partial charge >= 0.3 is 5.97 Å². The maximum Gasteiger partial charge on any atom is 0.311 e. The third-order valence-electron chi connectivity index (χ3n) is 4.07. The average Bonchev–Trinajstić information content (AvgIpc) is 2.56. The van der Waals surface area contributed by atoms with E-state index in [9.17, 15) is 4.79 Å². The normalized spacial score (nSPS) is 15.9. The quantitative estimate of drug-likeness (QED) is 0.900. The van der Waals surface area contributed by atoms with Crippen molar-refractivity contribution < 1.29 is 19.4 Å². The molecule has 0 fully saturated rings. The van der Waals surface area contributed by atoms with E-state index < -0.39 is 5.97 Å². The molecule has 0 bridgehead atoms. The Morgan fingerprint density at radius 1 is 1.17 bits per heavy atom. The largest absolute Gasteiger partial charge is 0.493 e. The predicted octanol–water partition coefficient (Wildman–Crippen LogP) is 3.13. The average molecular weight is 329 g/mol. The van der Waals surface area contributed by atoms with Crippen molar-refractivity contribution in [3.63, 3.8) is 0 Å². The fraction of sp³-hybridized carbons (Fsp3) is 0.316. The van der Waals surface area contributed by atoms with Gasteiger partial charge in [0.2, 0.25) is 0 Å². The van der Waals surface area contributed by atoms with E-state index in [1.54, 1.807) is 20.3 Å². The monoisotopic (exact) mass is 329 g/mol. The van der Waals surface area contributed by atoms with E-state index in [-0.39, 0.29) is 12.0 Å². The molecule has 0 saturated carbocycles. The van der Waals surface area contributed by atoms with Gasteiger partial charge in [-0.2, -0.15) is 0 Å². The molecule has 128 valence electrons. The summed E-state index contributed by atoms with van der Waals surface area (Å²) in [6, 6.07) is 13.8. The Labute approximate surface area is 142 Å². The lowest BCUT2D eigenvalue weighted by Crippen LogP contribution is -2.25. The number of carboxylic acid groups (broad SMARTS) is 1. The molecule has 2 atom stereocenters. The lowest BCUT2D eigenvalue weighted by molar-refractivity contribution is -0.139. The van der Waals surface area contributed by atoms with E-state index in [0.717, 1.165) is 11.1 Å². The van der Waals surface area contributed by atoms with E-state index in [4.69, 9.17) is 20.3 Å². The van der Waals surface area contributed by atoms with Crippen molar-refractivity contribution in [1.29, 1.82) is 0 Å². The summed E-state index contributed by atoms with van der Waals surface area (Å²) in [4.78, 5) is 10.8. The highest BCUT2D eigenvalue weighted by atomic mass is 16.5. The summed E-state index contributed by atoms with van der Waals surface area (Å²) in [5, 5.41) is 8.90. The smallest absolute Gasteiger partial charge is 0.311 e. The number of aliphatic carboxylic acids is 1. The fourth-order valence-electron chi connectivity index (χ4n) is 2.61. The lowest BCUT2D eigenvalue weighted by Gasteiger charge is -2.27. The molecule has 0 heterocycles. The van der Waals surface area contributed by atoms with Crippen molar-refractivity contribution >= 4 is 5.97 Å². The fourth-order valence-corrected chi connectivity index (χ4v) is 2.61. The van der Waals surface area contributed by atoms with Crippen LogP contribution in [0.4, 0.5) is 0 Å². The minimum atomic E-state index is -0.783. The number of benzene rings is 2. The number of ether oxygens (including phenoxy) is 2. The highest BCUT2D eigenvalue weighted by Crippen LogP contribution is 2.42. The van der Waals surface area contributed by atoms with Gasteiger partial charge in [-0.3, -0.25) is 4.79 Å². The first-order chi connectivity index (χ1) is 11.5. The molecule has 0 saturated heterocycles. The molecule has 1 aliphatic rings. The number of rotatable bonds is 4. The van der Waals surface area contributed by atoms with Crippen LogP contribution >= 0.6 is 0 Å². The molecule has 0 aliphatic heterocycles. The van der Waals surface area contributed by atoms with Crippen LogP contribution in [0.15, 0.2) is 42.5 Å². The van der Waals surface area contributed by atoms with Crippen LogP contribution in [0.1, 0.15) is 35.6 Å². The van der Waals surface area contributed by atoms with Gasteiger partial charge in [0.05, 0.1) is 20.1 Å². The molecule has 2 aromatic carbocycles.